The minimum Gasteiger partial charge on any atom is -0.394 e. The molecule has 8 nitrogen and oxygen atoms in total. The fraction of sp³-hybridized carbons (Fsp3) is 0.700. The summed E-state index contributed by atoms with van der Waals surface area (Å²) in [6.07, 6.45) is 0. The predicted molar refractivity (Wildman–Crippen MR) is 133 cm³/mol. The van der Waals surface area contributed by atoms with Crippen molar-refractivity contribution >= 4 is 56.5 Å². The molecule has 0 saturated heterocycles. The van der Waals surface area contributed by atoms with E-state index in [2.05, 4.69) is 0 Å². The Hall–Kier alpha value is 0.0900. The predicted octanol–water partition coefficient (Wildman–Crippen LogP) is 3.64. The first kappa shape index (κ1) is 35.3. The molecule has 0 amide bonds. The first-order valence-electron chi connectivity index (χ1n) is 10.0. The summed E-state index contributed by atoms with van der Waals surface area (Å²) < 4.78 is 48.6. The van der Waals surface area contributed by atoms with Crippen LogP contribution in [-0.2, 0) is 33.2 Å². The van der Waals surface area contributed by atoms with E-state index in [4.69, 9.17) is 74.6 Å². The number of halogens is 4. The van der Waals surface area contributed by atoms with Crippen molar-refractivity contribution in [1.29, 1.82) is 0 Å². The van der Waals surface area contributed by atoms with Crippen LogP contribution >= 0.6 is 46.4 Å². The fourth-order valence-electron chi connectivity index (χ4n) is 1.79. The number of benzene rings is 1. The number of ether oxygens (including phenoxy) is 4. The van der Waals surface area contributed by atoms with Crippen LogP contribution in [0.25, 0.3) is 0 Å². The van der Waals surface area contributed by atoms with E-state index < -0.39 is 10.1 Å². The van der Waals surface area contributed by atoms with Crippen LogP contribution in [0.5, 0.6) is 0 Å². The van der Waals surface area contributed by atoms with Gasteiger partial charge in [0, 0.05) is 11.8 Å². The summed E-state index contributed by atoms with van der Waals surface area (Å²) in [7, 11) is -3.71. The number of aliphatic hydroxyl groups is 1. The molecule has 0 heterocycles. The van der Waals surface area contributed by atoms with Crippen LogP contribution in [0, 0.1) is 6.92 Å². The lowest BCUT2D eigenvalue weighted by Crippen LogP contribution is -2.13. The standard InChI is InChI=1S/C13H19ClO5S.C6H13ClO3.CH2Cl2/c1-12-2-4-13(5-3-12)20(15,16)19-11-10-18-9-8-17-7-6-14;7-1-3-9-5-6-10-4-2-8;2-1-3/h2-5H,6-11H2,1H3;8H,1-6H2;1H2. The van der Waals surface area contributed by atoms with Gasteiger partial charge in [0.15, 0.2) is 0 Å². The molecule has 0 aliphatic carbocycles. The third-order valence-corrected chi connectivity index (χ3v) is 4.83. The van der Waals surface area contributed by atoms with Crippen LogP contribution in [0.15, 0.2) is 29.2 Å². The highest BCUT2D eigenvalue weighted by Crippen LogP contribution is 2.12. The van der Waals surface area contributed by atoms with Crippen molar-refractivity contribution in [1.82, 2.24) is 0 Å². The minimum absolute atomic E-state index is 0.0221. The molecule has 0 atom stereocenters. The maximum absolute atomic E-state index is 11.8. The van der Waals surface area contributed by atoms with Gasteiger partial charge in [0.1, 0.15) is 0 Å². The summed E-state index contributed by atoms with van der Waals surface area (Å²) in [6, 6.07) is 6.49. The normalized spacial score (nSPS) is 10.7. The highest BCUT2D eigenvalue weighted by atomic mass is 35.5. The highest BCUT2D eigenvalue weighted by molar-refractivity contribution is 7.86. The molecule has 0 radical (unpaired) electrons. The third kappa shape index (κ3) is 25.0. The van der Waals surface area contributed by atoms with Gasteiger partial charge in [-0.25, -0.2) is 0 Å². The lowest BCUT2D eigenvalue weighted by Gasteiger charge is -2.07. The highest BCUT2D eigenvalue weighted by Gasteiger charge is 2.14. The van der Waals surface area contributed by atoms with Gasteiger partial charge in [0.25, 0.3) is 10.1 Å². The van der Waals surface area contributed by atoms with Crippen molar-refractivity contribution in [3.05, 3.63) is 29.8 Å². The molecule has 196 valence electrons. The zero-order chi connectivity index (χ0) is 25.2. The molecule has 33 heavy (non-hydrogen) atoms. The van der Waals surface area contributed by atoms with Crippen molar-refractivity contribution in [2.24, 2.45) is 0 Å². The Bertz CT molecular complexity index is 613. The Kier molecular flexibility index (Phi) is 28.5. The number of hydrogen-bond acceptors (Lipinski definition) is 8. The summed E-state index contributed by atoms with van der Waals surface area (Å²) in [5, 5.41) is 8.48. The van der Waals surface area contributed by atoms with Gasteiger partial charge in [-0.15, -0.1) is 46.4 Å². The van der Waals surface area contributed by atoms with E-state index in [0.29, 0.717) is 58.0 Å². The van der Waals surface area contributed by atoms with Crippen LogP contribution in [0.4, 0.5) is 0 Å². The summed E-state index contributed by atoms with van der Waals surface area (Å²) in [4.78, 5) is 0.147. The van der Waals surface area contributed by atoms with Crippen LogP contribution in [0.3, 0.4) is 0 Å². The van der Waals surface area contributed by atoms with Gasteiger partial charge in [-0.1, -0.05) is 17.7 Å². The van der Waals surface area contributed by atoms with Gasteiger partial charge in [-0.3, -0.25) is 4.18 Å². The summed E-state index contributed by atoms with van der Waals surface area (Å²) in [5.41, 5.74) is 0.990. The molecule has 0 spiro atoms. The van der Waals surface area contributed by atoms with Crippen molar-refractivity contribution in [2.75, 3.05) is 83.2 Å². The molecule has 0 unspecified atom stereocenters. The number of aryl methyl sites for hydroxylation is 1. The van der Waals surface area contributed by atoms with Crippen LogP contribution in [0.1, 0.15) is 5.56 Å². The first-order chi connectivity index (χ1) is 15.9. The molecule has 0 fully saturated rings. The van der Waals surface area contributed by atoms with Crippen molar-refractivity contribution in [2.45, 2.75) is 11.8 Å². The van der Waals surface area contributed by atoms with Crippen LogP contribution < -0.4 is 0 Å². The van der Waals surface area contributed by atoms with E-state index in [1.165, 1.54) is 12.1 Å². The van der Waals surface area contributed by atoms with Gasteiger partial charge >= 0.3 is 0 Å². The molecule has 1 rings (SSSR count). The number of alkyl halides is 4. The Balaban J connectivity index is 0. The summed E-state index contributed by atoms with van der Waals surface area (Å²) in [6.45, 7) is 5.41. The molecule has 0 aromatic heterocycles. The van der Waals surface area contributed by atoms with E-state index in [-0.39, 0.29) is 30.1 Å². The number of hydrogen-bond donors (Lipinski definition) is 1. The van der Waals surface area contributed by atoms with E-state index >= 15 is 0 Å². The average Bonchev–Trinajstić information content (AvgIpc) is 2.79. The maximum atomic E-state index is 11.8. The molecule has 0 aliphatic rings. The third-order valence-electron chi connectivity index (χ3n) is 3.20. The largest absolute Gasteiger partial charge is 0.394 e. The Morgan fingerprint density at radius 1 is 0.697 bits per heavy atom. The summed E-state index contributed by atoms with van der Waals surface area (Å²) >= 11 is 20.3. The van der Waals surface area contributed by atoms with Gasteiger partial charge in [0.05, 0.1) is 76.3 Å². The molecular weight excluding hydrogens is 542 g/mol. The van der Waals surface area contributed by atoms with Gasteiger partial charge < -0.3 is 24.1 Å². The number of rotatable bonds is 17. The van der Waals surface area contributed by atoms with Crippen molar-refractivity contribution < 1.29 is 36.7 Å². The molecule has 1 aromatic rings. The first-order valence-corrected chi connectivity index (χ1v) is 13.6. The molecule has 13 heteroatoms. The second kappa shape index (κ2) is 26.7. The lowest BCUT2D eigenvalue weighted by molar-refractivity contribution is 0.0375. The van der Waals surface area contributed by atoms with Gasteiger partial charge in [-0.2, -0.15) is 8.42 Å². The molecule has 0 aliphatic heterocycles. The molecule has 1 aromatic carbocycles. The van der Waals surface area contributed by atoms with Crippen molar-refractivity contribution in [3.63, 3.8) is 0 Å². The average molecular weight is 576 g/mol. The molecule has 1 N–H and O–H groups in total. The van der Waals surface area contributed by atoms with E-state index in [0.717, 1.165) is 5.56 Å². The monoisotopic (exact) mass is 574 g/mol. The van der Waals surface area contributed by atoms with E-state index in [1.54, 1.807) is 12.1 Å². The Labute approximate surface area is 217 Å². The van der Waals surface area contributed by atoms with Crippen molar-refractivity contribution in [3.8, 4) is 0 Å². The molecule has 0 saturated carbocycles. The summed E-state index contributed by atoms with van der Waals surface area (Å²) in [5.74, 6) is 0.956. The second-order valence-corrected chi connectivity index (χ2v) is 8.92. The number of aliphatic hydroxyl groups excluding tert-OH is 1. The Morgan fingerprint density at radius 3 is 1.52 bits per heavy atom. The quantitative estimate of drug-likeness (QED) is 0.171. The second-order valence-electron chi connectivity index (χ2n) is 5.74. The Morgan fingerprint density at radius 2 is 1.09 bits per heavy atom. The van der Waals surface area contributed by atoms with Gasteiger partial charge in [0.2, 0.25) is 0 Å². The topological polar surface area (TPSA) is 101 Å². The lowest BCUT2D eigenvalue weighted by atomic mass is 10.2. The van der Waals surface area contributed by atoms with Gasteiger partial charge in [-0.05, 0) is 19.1 Å². The zero-order valence-electron chi connectivity index (χ0n) is 18.7. The minimum atomic E-state index is -3.71. The smallest absolute Gasteiger partial charge is 0.297 e. The molecule has 0 bridgehead atoms. The van der Waals surface area contributed by atoms with Crippen LogP contribution in [0.2, 0.25) is 0 Å². The maximum Gasteiger partial charge on any atom is 0.297 e. The zero-order valence-corrected chi connectivity index (χ0v) is 22.6. The fourth-order valence-corrected chi connectivity index (χ4v) is 2.90. The van der Waals surface area contributed by atoms with E-state index in [1.807, 2.05) is 6.92 Å². The van der Waals surface area contributed by atoms with E-state index in [9.17, 15) is 8.42 Å². The van der Waals surface area contributed by atoms with Crippen LogP contribution in [-0.4, -0.2) is 96.7 Å². The molecular formula is C20H34Cl4O8S. The SMILES string of the molecule is Cc1ccc(S(=O)(=O)OCCOCCOCCCl)cc1.ClCCl.OCCOCCOCCCl.